The number of rotatable bonds is 4. The van der Waals surface area contributed by atoms with E-state index in [1.54, 1.807) is 13.0 Å². The lowest BCUT2D eigenvalue weighted by molar-refractivity contribution is -0.121. The molecular formula is C14H21N3O3. The van der Waals surface area contributed by atoms with E-state index in [9.17, 15) is 4.79 Å². The second-order valence-corrected chi connectivity index (χ2v) is 5.71. The molecule has 110 valence electrons. The van der Waals surface area contributed by atoms with Gasteiger partial charge in [0.05, 0.1) is 19.3 Å². The van der Waals surface area contributed by atoms with Gasteiger partial charge in [-0.2, -0.15) is 0 Å². The summed E-state index contributed by atoms with van der Waals surface area (Å²) >= 11 is 0. The van der Waals surface area contributed by atoms with Crippen LogP contribution in [0.5, 0.6) is 0 Å². The molecule has 0 radical (unpaired) electrons. The van der Waals surface area contributed by atoms with E-state index in [0.29, 0.717) is 30.1 Å². The van der Waals surface area contributed by atoms with E-state index in [-0.39, 0.29) is 5.91 Å². The second-order valence-electron chi connectivity index (χ2n) is 5.71. The molecule has 2 aliphatic rings. The van der Waals surface area contributed by atoms with Crippen molar-refractivity contribution in [2.45, 2.75) is 32.3 Å². The molecule has 3 rings (SSSR count). The quantitative estimate of drug-likeness (QED) is 0.903. The van der Waals surface area contributed by atoms with E-state index in [1.807, 2.05) is 0 Å². The molecule has 1 saturated carbocycles. The van der Waals surface area contributed by atoms with Gasteiger partial charge in [0, 0.05) is 19.2 Å². The molecule has 1 saturated heterocycles. The molecule has 1 unspecified atom stereocenters. The first kappa shape index (κ1) is 13.6. The van der Waals surface area contributed by atoms with Gasteiger partial charge in [0.1, 0.15) is 5.76 Å². The second kappa shape index (κ2) is 5.93. The fourth-order valence-corrected chi connectivity index (χ4v) is 2.78. The van der Waals surface area contributed by atoms with Gasteiger partial charge in [-0.25, -0.2) is 0 Å². The highest BCUT2D eigenvalue weighted by Gasteiger charge is 2.32. The Morgan fingerprint density at radius 3 is 3.05 bits per heavy atom. The van der Waals surface area contributed by atoms with Gasteiger partial charge >= 0.3 is 0 Å². The molecule has 1 amide bonds. The normalized spacial score (nSPS) is 24.4. The van der Waals surface area contributed by atoms with Gasteiger partial charge in [-0.3, -0.25) is 9.69 Å². The third kappa shape index (κ3) is 3.19. The summed E-state index contributed by atoms with van der Waals surface area (Å²) in [5, 5.41) is 6.52. The zero-order valence-corrected chi connectivity index (χ0v) is 11.8. The van der Waals surface area contributed by atoms with Crippen molar-refractivity contribution < 1.29 is 14.1 Å². The summed E-state index contributed by atoms with van der Waals surface area (Å²) in [5.41, 5.74) is 0. The summed E-state index contributed by atoms with van der Waals surface area (Å²) in [5.74, 6) is 1.82. The minimum absolute atomic E-state index is 0.0486. The van der Waals surface area contributed by atoms with Crippen LogP contribution in [0.15, 0.2) is 10.6 Å². The largest absolute Gasteiger partial charge is 0.375 e. The molecule has 2 heterocycles. The Hall–Kier alpha value is -1.40. The summed E-state index contributed by atoms with van der Waals surface area (Å²) in [4.78, 5) is 14.1. The molecule has 1 aliphatic carbocycles. The lowest BCUT2D eigenvalue weighted by Crippen LogP contribution is -2.49. The minimum atomic E-state index is -0.0486. The van der Waals surface area contributed by atoms with E-state index >= 15 is 0 Å². The first-order chi connectivity index (χ1) is 9.70. The number of carbonyl (C=O) groups excluding carboxylic acids is 1. The monoisotopic (exact) mass is 279 g/mol. The van der Waals surface area contributed by atoms with Crippen molar-refractivity contribution in [3.63, 3.8) is 0 Å². The number of nitrogens with one attached hydrogen (secondary N) is 1. The first-order valence-electron chi connectivity index (χ1n) is 7.28. The molecule has 0 bridgehead atoms. The standard InChI is InChI=1S/C14H21N3O3/c1-10-7-13(16-20-10)15-14(18)9-17-5-6-19-12(8-17)11-3-2-4-11/h7,11-12H,2-6,8-9H2,1H3,(H,15,16,18). The zero-order valence-electron chi connectivity index (χ0n) is 11.8. The SMILES string of the molecule is Cc1cc(NC(=O)CN2CCOC(C3CCC3)C2)no1. The van der Waals surface area contributed by atoms with Crippen LogP contribution in [-0.2, 0) is 9.53 Å². The van der Waals surface area contributed by atoms with Crippen molar-refractivity contribution in [1.29, 1.82) is 0 Å². The van der Waals surface area contributed by atoms with Crippen LogP contribution in [0.2, 0.25) is 0 Å². The van der Waals surface area contributed by atoms with E-state index in [2.05, 4.69) is 15.4 Å². The zero-order chi connectivity index (χ0) is 13.9. The summed E-state index contributed by atoms with van der Waals surface area (Å²) in [7, 11) is 0. The smallest absolute Gasteiger partial charge is 0.239 e. The number of aryl methyl sites for hydroxylation is 1. The molecule has 1 aromatic heterocycles. The lowest BCUT2D eigenvalue weighted by atomic mass is 9.80. The van der Waals surface area contributed by atoms with Gasteiger partial charge in [-0.05, 0) is 25.7 Å². The average Bonchev–Trinajstić information content (AvgIpc) is 2.72. The minimum Gasteiger partial charge on any atom is -0.375 e. The average molecular weight is 279 g/mol. The summed E-state index contributed by atoms with van der Waals surface area (Å²) in [6, 6.07) is 1.72. The Kier molecular flexibility index (Phi) is 4.03. The third-order valence-corrected chi connectivity index (χ3v) is 4.12. The number of hydrogen-bond acceptors (Lipinski definition) is 5. The van der Waals surface area contributed by atoms with Crippen molar-refractivity contribution in [3.05, 3.63) is 11.8 Å². The summed E-state index contributed by atoms with van der Waals surface area (Å²) in [6.07, 6.45) is 4.15. The van der Waals surface area contributed by atoms with E-state index in [1.165, 1.54) is 19.3 Å². The van der Waals surface area contributed by atoms with E-state index < -0.39 is 0 Å². The highest BCUT2D eigenvalue weighted by atomic mass is 16.5. The maximum Gasteiger partial charge on any atom is 0.239 e. The first-order valence-corrected chi connectivity index (χ1v) is 7.28. The Morgan fingerprint density at radius 2 is 2.40 bits per heavy atom. The van der Waals surface area contributed by atoms with Crippen molar-refractivity contribution in [3.8, 4) is 0 Å². The molecule has 0 spiro atoms. The van der Waals surface area contributed by atoms with Gasteiger partial charge in [-0.1, -0.05) is 11.6 Å². The van der Waals surface area contributed by atoms with Crippen LogP contribution in [0.25, 0.3) is 0 Å². The Bertz CT molecular complexity index is 470. The van der Waals surface area contributed by atoms with E-state index in [4.69, 9.17) is 9.26 Å². The van der Waals surface area contributed by atoms with Crippen LogP contribution in [0.1, 0.15) is 25.0 Å². The Morgan fingerprint density at radius 1 is 1.55 bits per heavy atom. The molecule has 2 fully saturated rings. The third-order valence-electron chi connectivity index (χ3n) is 4.12. The van der Waals surface area contributed by atoms with Crippen LogP contribution < -0.4 is 5.32 Å². The molecule has 6 heteroatoms. The van der Waals surface area contributed by atoms with Crippen molar-refractivity contribution in [2.75, 3.05) is 31.6 Å². The van der Waals surface area contributed by atoms with Crippen molar-refractivity contribution >= 4 is 11.7 Å². The van der Waals surface area contributed by atoms with Crippen LogP contribution in [0.4, 0.5) is 5.82 Å². The number of anilines is 1. The van der Waals surface area contributed by atoms with Crippen LogP contribution >= 0.6 is 0 Å². The predicted octanol–water partition coefficient (Wildman–Crippen LogP) is 1.42. The lowest BCUT2D eigenvalue weighted by Gasteiger charge is -2.40. The van der Waals surface area contributed by atoms with Gasteiger partial charge in [0.25, 0.3) is 0 Å². The maximum atomic E-state index is 12.0. The number of hydrogen-bond donors (Lipinski definition) is 1. The van der Waals surface area contributed by atoms with E-state index in [0.717, 1.165) is 19.7 Å². The van der Waals surface area contributed by atoms with Crippen molar-refractivity contribution in [1.82, 2.24) is 10.1 Å². The number of aromatic nitrogens is 1. The molecule has 1 aliphatic heterocycles. The van der Waals surface area contributed by atoms with Gasteiger partial charge < -0.3 is 14.6 Å². The molecule has 0 aromatic carbocycles. The highest BCUT2D eigenvalue weighted by molar-refractivity contribution is 5.91. The van der Waals surface area contributed by atoms with Gasteiger partial charge in [-0.15, -0.1) is 0 Å². The Labute approximate surface area is 118 Å². The fourth-order valence-electron chi connectivity index (χ4n) is 2.78. The van der Waals surface area contributed by atoms with Crippen LogP contribution in [0.3, 0.4) is 0 Å². The predicted molar refractivity (Wildman–Crippen MR) is 73.4 cm³/mol. The number of amides is 1. The number of carbonyl (C=O) groups is 1. The number of nitrogens with zero attached hydrogens (tertiary/aromatic N) is 2. The van der Waals surface area contributed by atoms with Gasteiger partial charge in [0.2, 0.25) is 5.91 Å². The van der Waals surface area contributed by atoms with Crippen LogP contribution in [-0.4, -0.2) is 48.3 Å². The molecule has 1 N–H and O–H groups in total. The van der Waals surface area contributed by atoms with Crippen molar-refractivity contribution in [2.24, 2.45) is 5.92 Å². The summed E-state index contributed by atoms with van der Waals surface area (Å²) in [6.45, 7) is 4.58. The summed E-state index contributed by atoms with van der Waals surface area (Å²) < 4.78 is 10.7. The molecular weight excluding hydrogens is 258 g/mol. The highest BCUT2D eigenvalue weighted by Crippen LogP contribution is 2.32. The van der Waals surface area contributed by atoms with Gasteiger partial charge in [0.15, 0.2) is 5.82 Å². The number of ether oxygens (including phenoxy) is 1. The number of morpholine rings is 1. The maximum absolute atomic E-state index is 12.0. The molecule has 20 heavy (non-hydrogen) atoms. The Balaban J connectivity index is 1.47. The molecule has 6 nitrogen and oxygen atoms in total. The van der Waals surface area contributed by atoms with Crippen LogP contribution in [0, 0.1) is 12.8 Å². The fraction of sp³-hybridized carbons (Fsp3) is 0.714. The molecule has 1 atom stereocenters. The topological polar surface area (TPSA) is 67.6 Å². The molecule has 1 aromatic rings.